The van der Waals surface area contributed by atoms with Gasteiger partial charge in [0.1, 0.15) is 0 Å². The highest BCUT2D eigenvalue weighted by Gasteiger charge is 2.49. The van der Waals surface area contributed by atoms with Crippen LogP contribution in [0.4, 0.5) is 0 Å². The van der Waals surface area contributed by atoms with Crippen molar-refractivity contribution in [3.8, 4) is 56.4 Å². The van der Waals surface area contributed by atoms with Gasteiger partial charge in [0.25, 0.3) is 0 Å². The zero-order valence-electron chi connectivity index (χ0n) is 29.0. The van der Waals surface area contributed by atoms with E-state index in [1.165, 1.54) is 70.1 Å². The third-order valence-corrected chi connectivity index (χ3v) is 12.7. The Bertz CT molecular complexity index is 3130. The van der Waals surface area contributed by atoms with Crippen LogP contribution in [0.1, 0.15) is 22.3 Å². The summed E-state index contributed by atoms with van der Waals surface area (Å²) in [6.45, 7) is 0. The minimum Gasteiger partial charge on any atom is -0.208 e. The van der Waals surface area contributed by atoms with Crippen LogP contribution in [0.5, 0.6) is 0 Å². The SMILES string of the molecule is c1ccc(-c2nc(-c3ccc4c5c(cccc35)C3(c5ccccc5-c5ccccc53)c3ccccc3-4)nc(-c3cccc4sc5ccccc5c34)n2)cc1. The average molecular weight is 704 g/mol. The second kappa shape index (κ2) is 11.1. The fourth-order valence-electron chi connectivity index (χ4n) is 9.44. The van der Waals surface area contributed by atoms with Gasteiger partial charge in [-0.25, -0.2) is 15.0 Å². The van der Waals surface area contributed by atoms with Crippen LogP contribution < -0.4 is 0 Å². The van der Waals surface area contributed by atoms with Crippen molar-refractivity contribution >= 4 is 42.3 Å². The molecule has 1 spiro atoms. The van der Waals surface area contributed by atoms with Crippen LogP contribution in [-0.4, -0.2) is 15.0 Å². The van der Waals surface area contributed by atoms with Crippen LogP contribution in [0.2, 0.25) is 0 Å². The predicted octanol–water partition coefficient (Wildman–Crippen LogP) is 12.7. The van der Waals surface area contributed by atoms with Crippen LogP contribution in [0.25, 0.3) is 87.4 Å². The molecule has 0 aliphatic heterocycles. The Labute approximate surface area is 315 Å². The van der Waals surface area contributed by atoms with Crippen molar-refractivity contribution in [1.29, 1.82) is 0 Å². The number of rotatable bonds is 3. The van der Waals surface area contributed by atoms with Gasteiger partial charge < -0.3 is 0 Å². The number of aromatic nitrogens is 3. The molecule has 0 saturated carbocycles. The Kier molecular flexibility index (Phi) is 6.14. The minimum absolute atomic E-state index is 0.468. The van der Waals surface area contributed by atoms with Gasteiger partial charge in [0.05, 0.1) is 5.41 Å². The molecule has 4 heteroatoms. The summed E-state index contributed by atoms with van der Waals surface area (Å²) in [4.78, 5) is 15.8. The highest BCUT2D eigenvalue weighted by Crippen LogP contribution is 2.62. The monoisotopic (exact) mass is 703 g/mol. The Morgan fingerprint density at radius 2 is 0.815 bits per heavy atom. The van der Waals surface area contributed by atoms with Crippen molar-refractivity contribution < 1.29 is 0 Å². The van der Waals surface area contributed by atoms with Gasteiger partial charge in [-0.1, -0.05) is 158 Å². The maximum atomic E-state index is 5.38. The molecular weight excluding hydrogens is 675 g/mol. The molecule has 250 valence electrons. The lowest BCUT2D eigenvalue weighted by Gasteiger charge is -2.40. The highest BCUT2D eigenvalue weighted by atomic mass is 32.1. The van der Waals surface area contributed by atoms with Crippen molar-refractivity contribution in [3.63, 3.8) is 0 Å². The smallest absolute Gasteiger partial charge is 0.164 e. The van der Waals surface area contributed by atoms with E-state index in [4.69, 9.17) is 15.0 Å². The molecule has 0 unspecified atom stereocenters. The van der Waals surface area contributed by atoms with Crippen LogP contribution >= 0.6 is 11.3 Å². The largest absolute Gasteiger partial charge is 0.208 e. The van der Waals surface area contributed by atoms with Gasteiger partial charge in [-0.2, -0.15) is 0 Å². The average Bonchev–Trinajstić information content (AvgIpc) is 3.77. The summed E-state index contributed by atoms with van der Waals surface area (Å²) in [5.74, 6) is 2.00. The summed E-state index contributed by atoms with van der Waals surface area (Å²) in [6.07, 6.45) is 0. The zero-order chi connectivity index (χ0) is 35.4. The van der Waals surface area contributed by atoms with Crippen LogP contribution in [0.15, 0.2) is 176 Å². The molecule has 2 aliphatic rings. The topological polar surface area (TPSA) is 38.7 Å². The molecule has 10 aromatic rings. The van der Waals surface area contributed by atoms with Crippen molar-refractivity contribution in [2.24, 2.45) is 0 Å². The van der Waals surface area contributed by atoms with Gasteiger partial charge in [0.15, 0.2) is 17.5 Å². The van der Waals surface area contributed by atoms with Gasteiger partial charge in [-0.15, -0.1) is 11.3 Å². The Morgan fingerprint density at radius 3 is 1.56 bits per heavy atom. The third kappa shape index (κ3) is 3.92. The summed E-state index contributed by atoms with van der Waals surface area (Å²) in [5.41, 5.74) is 12.8. The molecule has 0 atom stereocenters. The minimum atomic E-state index is -0.468. The standard InChI is InChI=1S/C50H29N3S/c1-2-14-30(15-3-1)47-51-48(53-49(52-47)38-21-13-27-44-46(38)37-19-7-11-26-43(37)54-44)36-29-28-35-33-18-6-10-24-41(33)50(42-25-12-20-34(36)45(35)42)39-22-8-4-16-31(39)32-17-5-9-23-40(32)50/h1-29H. The lowest BCUT2D eigenvalue weighted by molar-refractivity contribution is 0.773. The van der Waals surface area contributed by atoms with Gasteiger partial charge in [-0.3, -0.25) is 0 Å². The number of benzene rings is 8. The first-order valence-corrected chi connectivity index (χ1v) is 19.2. The first-order valence-electron chi connectivity index (χ1n) is 18.4. The molecule has 0 radical (unpaired) electrons. The lowest BCUT2D eigenvalue weighted by atomic mass is 9.61. The van der Waals surface area contributed by atoms with E-state index in [1.807, 2.05) is 29.5 Å². The van der Waals surface area contributed by atoms with Gasteiger partial charge in [0, 0.05) is 36.9 Å². The van der Waals surface area contributed by atoms with E-state index in [0.717, 1.165) is 22.1 Å². The van der Waals surface area contributed by atoms with E-state index < -0.39 is 5.41 Å². The zero-order valence-corrected chi connectivity index (χ0v) is 29.8. The summed E-state index contributed by atoms with van der Waals surface area (Å²) in [5, 5.41) is 4.78. The molecule has 8 aromatic carbocycles. The summed E-state index contributed by atoms with van der Waals surface area (Å²) < 4.78 is 2.48. The van der Waals surface area contributed by atoms with E-state index in [0.29, 0.717) is 17.5 Å². The molecule has 12 rings (SSSR count). The third-order valence-electron chi connectivity index (χ3n) is 11.6. The summed E-state index contributed by atoms with van der Waals surface area (Å²) >= 11 is 1.81. The molecule has 0 N–H and O–H groups in total. The van der Waals surface area contributed by atoms with Gasteiger partial charge in [0.2, 0.25) is 0 Å². The quantitative estimate of drug-likeness (QED) is 0.184. The van der Waals surface area contributed by atoms with E-state index in [-0.39, 0.29) is 0 Å². The first-order chi connectivity index (χ1) is 26.8. The maximum absolute atomic E-state index is 5.38. The normalized spacial score (nSPS) is 13.3. The van der Waals surface area contributed by atoms with E-state index in [2.05, 4.69) is 158 Å². The van der Waals surface area contributed by atoms with E-state index in [9.17, 15) is 0 Å². The predicted molar refractivity (Wildman–Crippen MR) is 223 cm³/mol. The number of nitrogens with zero attached hydrogens (tertiary/aromatic N) is 3. The summed E-state index contributed by atoms with van der Waals surface area (Å²) in [7, 11) is 0. The van der Waals surface area contributed by atoms with Gasteiger partial charge >= 0.3 is 0 Å². The van der Waals surface area contributed by atoms with Crippen molar-refractivity contribution in [2.75, 3.05) is 0 Å². The molecule has 3 nitrogen and oxygen atoms in total. The molecular formula is C50H29N3S. The maximum Gasteiger partial charge on any atom is 0.164 e. The molecule has 2 aromatic heterocycles. The number of fused-ring (bicyclic) bond motifs is 12. The lowest BCUT2D eigenvalue weighted by Crippen LogP contribution is -2.31. The van der Waals surface area contributed by atoms with Crippen molar-refractivity contribution in [2.45, 2.75) is 5.41 Å². The van der Waals surface area contributed by atoms with Crippen molar-refractivity contribution in [3.05, 3.63) is 198 Å². The Morgan fingerprint density at radius 1 is 0.315 bits per heavy atom. The van der Waals surface area contributed by atoms with Crippen LogP contribution in [-0.2, 0) is 5.41 Å². The highest BCUT2D eigenvalue weighted by molar-refractivity contribution is 7.25. The second-order valence-electron chi connectivity index (χ2n) is 14.2. The molecule has 0 saturated heterocycles. The van der Waals surface area contributed by atoms with Crippen molar-refractivity contribution in [1.82, 2.24) is 15.0 Å². The molecule has 0 fully saturated rings. The van der Waals surface area contributed by atoms with Gasteiger partial charge in [-0.05, 0) is 73.5 Å². The van der Waals surface area contributed by atoms with E-state index >= 15 is 0 Å². The Balaban J connectivity index is 1.17. The number of hydrogen-bond donors (Lipinski definition) is 0. The molecule has 2 heterocycles. The fourth-order valence-corrected chi connectivity index (χ4v) is 10.6. The summed E-state index contributed by atoms with van der Waals surface area (Å²) in [6, 6.07) is 63.7. The Hall–Kier alpha value is -6.75. The molecule has 54 heavy (non-hydrogen) atoms. The number of hydrogen-bond acceptors (Lipinski definition) is 4. The second-order valence-corrected chi connectivity index (χ2v) is 15.3. The number of thiophene rings is 1. The molecule has 0 bridgehead atoms. The first kappa shape index (κ1) is 29.8. The fraction of sp³-hybridized carbons (Fsp3) is 0.0200. The van der Waals surface area contributed by atoms with Crippen LogP contribution in [0, 0.1) is 0 Å². The van der Waals surface area contributed by atoms with E-state index in [1.54, 1.807) is 0 Å². The molecule has 0 amide bonds. The van der Waals surface area contributed by atoms with Crippen LogP contribution in [0.3, 0.4) is 0 Å². The molecule has 2 aliphatic carbocycles.